The smallest absolute Gasteiger partial charge is 0.187 e. The summed E-state index contributed by atoms with van der Waals surface area (Å²) in [5.74, 6) is 1.52. The summed E-state index contributed by atoms with van der Waals surface area (Å²) in [7, 11) is 1.54. The molecule has 5 heteroatoms. The van der Waals surface area contributed by atoms with Crippen molar-refractivity contribution in [2.45, 2.75) is 6.92 Å². The molecule has 94 valence electrons. The first-order valence-corrected chi connectivity index (χ1v) is 5.64. The van der Waals surface area contributed by atoms with Gasteiger partial charge in [-0.1, -0.05) is 12.1 Å². The summed E-state index contributed by atoms with van der Waals surface area (Å²) < 4.78 is 10.8. The van der Waals surface area contributed by atoms with Crippen molar-refractivity contribution in [2.24, 2.45) is 0 Å². The van der Waals surface area contributed by atoms with Gasteiger partial charge in [0, 0.05) is 5.56 Å². The molecular weight excluding hydrogens is 230 g/mol. The third kappa shape index (κ3) is 2.20. The number of anilines is 1. The topological polar surface area (TPSA) is 70.3 Å². The predicted molar refractivity (Wildman–Crippen MR) is 69.6 cm³/mol. The van der Waals surface area contributed by atoms with Gasteiger partial charge in [0.05, 0.1) is 13.7 Å². The van der Waals surface area contributed by atoms with Gasteiger partial charge < -0.3 is 15.2 Å². The molecule has 0 unspecified atom stereocenters. The van der Waals surface area contributed by atoms with Crippen molar-refractivity contribution >= 4 is 5.82 Å². The largest absolute Gasteiger partial charge is 0.493 e. The highest BCUT2D eigenvalue weighted by Crippen LogP contribution is 2.36. The van der Waals surface area contributed by atoms with Crippen LogP contribution in [0.15, 0.2) is 30.6 Å². The monoisotopic (exact) mass is 245 g/mol. The summed E-state index contributed by atoms with van der Waals surface area (Å²) in [4.78, 5) is 8.14. The SMILES string of the molecule is CCOc1ccccc1-c1ncnc(N)c1OC. The second-order valence-electron chi connectivity index (χ2n) is 3.57. The van der Waals surface area contributed by atoms with Gasteiger partial charge in [0.1, 0.15) is 17.8 Å². The Morgan fingerprint density at radius 2 is 2.00 bits per heavy atom. The molecule has 0 saturated heterocycles. The maximum Gasteiger partial charge on any atom is 0.187 e. The van der Waals surface area contributed by atoms with E-state index in [1.165, 1.54) is 6.33 Å². The van der Waals surface area contributed by atoms with Crippen LogP contribution in [0.2, 0.25) is 0 Å². The van der Waals surface area contributed by atoms with Gasteiger partial charge in [0.15, 0.2) is 11.6 Å². The van der Waals surface area contributed by atoms with Gasteiger partial charge in [0.2, 0.25) is 0 Å². The average Bonchev–Trinajstić information content (AvgIpc) is 2.39. The van der Waals surface area contributed by atoms with Gasteiger partial charge in [-0.05, 0) is 19.1 Å². The number of nitrogens with zero attached hydrogens (tertiary/aromatic N) is 2. The summed E-state index contributed by atoms with van der Waals surface area (Å²) in [6.45, 7) is 2.52. The Bertz CT molecular complexity index is 544. The lowest BCUT2D eigenvalue weighted by Crippen LogP contribution is -2.01. The molecule has 0 aliphatic carbocycles. The van der Waals surface area contributed by atoms with E-state index in [0.717, 1.165) is 11.3 Å². The Hall–Kier alpha value is -2.30. The van der Waals surface area contributed by atoms with Crippen molar-refractivity contribution < 1.29 is 9.47 Å². The van der Waals surface area contributed by atoms with E-state index in [1.807, 2.05) is 31.2 Å². The molecule has 2 rings (SSSR count). The molecule has 2 N–H and O–H groups in total. The first kappa shape index (κ1) is 12.2. The van der Waals surface area contributed by atoms with Crippen LogP contribution >= 0.6 is 0 Å². The molecule has 0 saturated carbocycles. The fraction of sp³-hybridized carbons (Fsp3) is 0.231. The molecule has 0 bridgehead atoms. The second-order valence-corrected chi connectivity index (χ2v) is 3.57. The van der Waals surface area contributed by atoms with Crippen molar-refractivity contribution in [1.82, 2.24) is 9.97 Å². The van der Waals surface area contributed by atoms with E-state index < -0.39 is 0 Å². The quantitative estimate of drug-likeness (QED) is 0.893. The summed E-state index contributed by atoms with van der Waals surface area (Å²) in [6.07, 6.45) is 1.41. The number of ether oxygens (including phenoxy) is 2. The number of hydrogen-bond acceptors (Lipinski definition) is 5. The fourth-order valence-corrected chi connectivity index (χ4v) is 1.72. The zero-order valence-electron chi connectivity index (χ0n) is 10.4. The highest BCUT2D eigenvalue weighted by Gasteiger charge is 2.15. The number of hydrogen-bond donors (Lipinski definition) is 1. The minimum atomic E-state index is 0.314. The van der Waals surface area contributed by atoms with Crippen molar-refractivity contribution in [3.05, 3.63) is 30.6 Å². The zero-order valence-corrected chi connectivity index (χ0v) is 10.4. The molecule has 0 aliphatic heterocycles. The van der Waals surface area contributed by atoms with Crippen LogP contribution in [0, 0.1) is 0 Å². The molecule has 5 nitrogen and oxygen atoms in total. The van der Waals surface area contributed by atoms with E-state index in [4.69, 9.17) is 15.2 Å². The van der Waals surface area contributed by atoms with Gasteiger partial charge >= 0.3 is 0 Å². The van der Waals surface area contributed by atoms with Crippen molar-refractivity contribution in [2.75, 3.05) is 19.5 Å². The molecule has 18 heavy (non-hydrogen) atoms. The summed E-state index contributed by atoms with van der Waals surface area (Å²) in [5, 5.41) is 0. The Labute approximate surface area is 106 Å². The number of rotatable bonds is 4. The van der Waals surface area contributed by atoms with Gasteiger partial charge in [-0.2, -0.15) is 0 Å². The van der Waals surface area contributed by atoms with Gasteiger partial charge in [-0.3, -0.25) is 0 Å². The van der Waals surface area contributed by atoms with Crippen LogP contribution in [0.3, 0.4) is 0 Å². The van der Waals surface area contributed by atoms with E-state index in [2.05, 4.69) is 9.97 Å². The molecular formula is C13H15N3O2. The Morgan fingerprint density at radius 1 is 1.22 bits per heavy atom. The lowest BCUT2D eigenvalue weighted by molar-refractivity contribution is 0.341. The van der Waals surface area contributed by atoms with Gasteiger partial charge in [-0.25, -0.2) is 9.97 Å². The maximum absolute atomic E-state index is 5.78. The Morgan fingerprint density at radius 3 is 2.72 bits per heavy atom. The van der Waals surface area contributed by atoms with Crippen molar-refractivity contribution in [3.63, 3.8) is 0 Å². The molecule has 0 aliphatic rings. The van der Waals surface area contributed by atoms with Crippen molar-refractivity contribution in [1.29, 1.82) is 0 Å². The van der Waals surface area contributed by atoms with E-state index in [-0.39, 0.29) is 0 Å². The molecule has 0 amide bonds. The minimum Gasteiger partial charge on any atom is -0.493 e. The Balaban J connectivity index is 2.58. The van der Waals surface area contributed by atoms with Crippen LogP contribution in [0.1, 0.15) is 6.92 Å². The fourth-order valence-electron chi connectivity index (χ4n) is 1.72. The molecule has 0 fully saturated rings. The van der Waals surface area contributed by atoms with Crippen LogP contribution in [-0.2, 0) is 0 Å². The molecule has 0 spiro atoms. The summed E-state index contributed by atoms with van der Waals surface area (Å²) in [6, 6.07) is 7.62. The number of para-hydroxylation sites is 1. The highest BCUT2D eigenvalue weighted by molar-refractivity contribution is 5.75. The van der Waals surface area contributed by atoms with Crippen LogP contribution in [0.25, 0.3) is 11.3 Å². The van der Waals surface area contributed by atoms with Crippen LogP contribution in [0.5, 0.6) is 11.5 Å². The van der Waals surface area contributed by atoms with Gasteiger partial charge in [0.25, 0.3) is 0 Å². The third-order valence-electron chi connectivity index (χ3n) is 2.48. The van der Waals surface area contributed by atoms with Gasteiger partial charge in [-0.15, -0.1) is 0 Å². The van der Waals surface area contributed by atoms with Crippen LogP contribution < -0.4 is 15.2 Å². The maximum atomic E-state index is 5.78. The summed E-state index contributed by atoms with van der Waals surface area (Å²) in [5.41, 5.74) is 7.25. The predicted octanol–water partition coefficient (Wildman–Crippen LogP) is 2.13. The number of nitrogen functional groups attached to an aromatic ring is 1. The lowest BCUT2D eigenvalue weighted by Gasteiger charge is -2.12. The number of methoxy groups -OCH3 is 1. The van der Waals surface area contributed by atoms with Crippen molar-refractivity contribution in [3.8, 4) is 22.8 Å². The van der Waals surface area contributed by atoms with E-state index in [0.29, 0.717) is 23.9 Å². The third-order valence-corrected chi connectivity index (χ3v) is 2.48. The average molecular weight is 245 g/mol. The zero-order chi connectivity index (χ0) is 13.0. The molecule has 1 aromatic heterocycles. The number of benzene rings is 1. The molecule has 1 aromatic carbocycles. The summed E-state index contributed by atoms with van der Waals surface area (Å²) >= 11 is 0. The first-order valence-electron chi connectivity index (χ1n) is 5.64. The molecule has 1 heterocycles. The number of aromatic nitrogens is 2. The lowest BCUT2D eigenvalue weighted by atomic mass is 10.1. The van der Waals surface area contributed by atoms with E-state index in [9.17, 15) is 0 Å². The highest BCUT2D eigenvalue weighted by atomic mass is 16.5. The van der Waals surface area contributed by atoms with Crippen LogP contribution in [0.4, 0.5) is 5.82 Å². The molecule has 2 aromatic rings. The first-order chi connectivity index (χ1) is 8.77. The minimum absolute atomic E-state index is 0.314. The van der Waals surface area contributed by atoms with E-state index >= 15 is 0 Å². The normalized spacial score (nSPS) is 10.1. The van der Waals surface area contributed by atoms with E-state index in [1.54, 1.807) is 7.11 Å². The van der Waals surface area contributed by atoms with Crippen LogP contribution in [-0.4, -0.2) is 23.7 Å². The standard InChI is InChI=1S/C13H15N3O2/c1-3-18-10-7-5-4-6-9(10)11-12(17-2)13(14)16-8-15-11/h4-8H,3H2,1-2H3,(H2,14,15,16). The number of nitrogens with two attached hydrogens (primary N) is 1. The second kappa shape index (κ2) is 5.35. The molecule has 0 atom stereocenters. The molecule has 0 radical (unpaired) electrons. The Kier molecular flexibility index (Phi) is 3.62.